The number of carbonyl (C=O) groups is 1. The van der Waals surface area contributed by atoms with Gasteiger partial charge >= 0.3 is 5.97 Å². The maximum absolute atomic E-state index is 14.0. The molecule has 1 fully saturated rings. The molecular formula is C13H16F2N2O4S. The molecule has 1 aliphatic rings. The molecule has 1 aromatic carbocycles. The van der Waals surface area contributed by atoms with Crippen molar-refractivity contribution in [1.29, 1.82) is 0 Å². The van der Waals surface area contributed by atoms with Crippen LogP contribution in [0.3, 0.4) is 0 Å². The van der Waals surface area contributed by atoms with Gasteiger partial charge in [0.15, 0.2) is 0 Å². The lowest BCUT2D eigenvalue weighted by Crippen LogP contribution is -2.47. The summed E-state index contributed by atoms with van der Waals surface area (Å²) in [5, 5.41) is 0. The molecule has 2 rings (SSSR count). The number of ether oxygens (including phenoxy) is 1. The molecule has 1 aliphatic heterocycles. The largest absolute Gasteiger partial charge is 0.465 e. The van der Waals surface area contributed by atoms with Crippen LogP contribution in [0.5, 0.6) is 0 Å². The van der Waals surface area contributed by atoms with Gasteiger partial charge in [0.1, 0.15) is 11.6 Å². The van der Waals surface area contributed by atoms with E-state index in [-0.39, 0.29) is 18.7 Å². The zero-order valence-electron chi connectivity index (χ0n) is 12.2. The smallest absolute Gasteiger partial charge is 0.340 e. The molecule has 0 amide bonds. The van der Waals surface area contributed by atoms with E-state index in [1.807, 2.05) is 0 Å². The van der Waals surface area contributed by atoms with E-state index in [0.29, 0.717) is 13.0 Å². The molecule has 1 heterocycles. The molecule has 0 aromatic heterocycles. The lowest BCUT2D eigenvalue weighted by molar-refractivity contribution is 0.0594. The Balaban J connectivity index is 2.31. The topological polar surface area (TPSA) is 66.9 Å². The van der Waals surface area contributed by atoms with Crippen LogP contribution in [0.15, 0.2) is 12.1 Å². The summed E-state index contributed by atoms with van der Waals surface area (Å²) in [6.45, 7) is 0.320. The van der Waals surface area contributed by atoms with Gasteiger partial charge in [-0.2, -0.15) is 17.0 Å². The van der Waals surface area contributed by atoms with Crippen LogP contribution in [0.1, 0.15) is 22.3 Å². The van der Waals surface area contributed by atoms with Gasteiger partial charge in [0, 0.05) is 32.2 Å². The zero-order valence-corrected chi connectivity index (χ0v) is 13.0. The standard InChI is InChI=1S/C13H16F2N2O4S/c1-16-4-3-5-17(22(16,19)20)8-9-6-12(15)10(7-11(9)14)13(18)21-2/h6-7H,3-5,8H2,1-2H3. The molecule has 1 aromatic rings. The van der Waals surface area contributed by atoms with Crippen molar-refractivity contribution < 1.29 is 26.7 Å². The summed E-state index contributed by atoms with van der Waals surface area (Å²) in [5.41, 5.74) is -0.661. The first-order valence-corrected chi connectivity index (χ1v) is 7.94. The molecule has 0 aliphatic carbocycles. The van der Waals surface area contributed by atoms with Gasteiger partial charge in [0.25, 0.3) is 10.2 Å². The number of rotatable bonds is 3. The van der Waals surface area contributed by atoms with Crippen LogP contribution >= 0.6 is 0 Å². The van der Waals surface area contributed by atoms with Crippen molar-refractivity contribution in [3.8, 4) is 0 Å². The molecule has 0 bridgehead atoms. The Morgan fingerprint density at radius 2 is 1.95 bits per heavy atom. The molecule has 22 heavy (non-hydrogen) atoms. The van der Waals surface area contributed by atoms with Gasteiger partial charge in [-0.05, 0) is 18.6 Å². The average molecular weight is 334 g/mol. The van der Waals surface area contributed by atoms with Crippen LogP contribution in [0.4, 0.5) is 8.78 Å². The second kappa shape index (κ2) is 6.27. The Morgan fingerprint density at radius 3 is 2.59 bits per heavy atom. The second-order valence-corrected chi connectivity index (χ2v) is 6.97. The highest BCUT2D eigenvalue weighted by Crippen LogP contribution is 2.22. The third kappa shape index (κ3) is 3.11. The van der Waals surface area contributed by atoms with Gasteiger partial charge in [0.05, 0.1) is 12.7 Å². The SMILES string of the molecule is COC(=O)c1cc(F)c(CN2CCCN(C)S2(=O)=O)cc1F. The normalized spacial score (nSPS) is 19.1. The third-order valence-corrected chi connectivity index (χ3v) is 5.42. The number of hydrogen-bond acceptors (Lipinski definition) is 4. The Morgan fingerprint density at radius 1 is 1.27 bits per heavy atom. The average Bonchev–Trinajstić information content (AvgIpc) is 2.46. The number of hydrogen-bond donors (Lipinski definition) is 0. The van der Waals surface area contributed by atoms with Crippen molar-refractivity contribution in [1.82, 2.24) is 8.61 Å². The molecule has 122 valence electrons. The van der Waals surface area contributed by atoms with Gasteiger partial charge in [-0.3, -0.25) is 0 Å². The maximum Gasteiger partial charge on any atom is 0.340 e. The van der Waals surface area contributed by atoms with Crippen LogP contribution in [0, 0.1) is 11.6 Å². The molecular weight excluding hydrogens is 318 g/mol. The van der Waals surface area contributed by atoms with Crippen molar-refractivity contribution in [3.05, 3.63) is 34.9 Å². The fraction of sp³-hybridized carbons (Fsp3) is 0.462. The van der Waals surface area contributed by atoms with E-state index in [0.717, 1.165) is 27.9 Å². The number of benzene rings is 1. The number of nitrogens with zero attached hydrogens (tertiary/aromatic N) is 2. The van der Waals surface area contributed by atoms with Crippen molar-refractivity contribution in [2.45, 2.75) is 13.0 Å². The van der Waals surface area contributed by atoms with Crippen molar-refractivity contribution in [3.63, 3.8) is 0 Å². The van der Waals surface area contributed by atoms with Crippen LogP contribution in [-0.4, -0.2) is 50.2 Å². The van der Waals surface area contributed by atoms with E-state index in [1.165, 1.54) is 7.05 Å². The third-order valence-electron chi connectivity index (χ3n) is 3.49. The van der Waals surface area contributed by atoms with Crippen LogP contribution in [0.2, 0.25) is 0 Å². The fourth-order valence-electron chi connectivity index (χ4n) is 2.22. The minimum absolute atomic E-state index is 0.135. The Bertz CT molecular complexity index is 694. The molecule has 1 saturated heterocycles. The van der Waals surface area contributed by atoms with Crippen molar-refractivity contribution in [2.75, 3.05) is 27.2 Å². The summed E-state index contributed by atoms with van der Waals surface area (Å²) in [6, 6.07) is 1.54. The van der Waals surface area contributed by atoms with Crippen molar-refractivity contribution in [2.24, 2.45) is 0 Å². The maximum atomic E-state index is 14.0. The molecule has 0 N–H and O–H groups in total. The van der Waals surface area contributed by atoms with Crippen LogP contribution in [0.25, 0.3) is 0 Å². The molecule has 0 spiro atoms. The van der Waals surface area contributed by atoms with E-state index in [9.17, 15) is 22.0 Å². The first kappa shape index (κ1) is 16.8. The summed E-state index contributed by atoms with van der Waals surface area (Å²) in [5.74, 6) is -2.80. The van der Waals surface area contributed by atoms with Gasteiger partial charge in [-0.25, -0.2) is 13.6 Å². The monoisotopic (exact) mass is 334 g/mol. The minimum Gasteiger partial charge on any atom is -0.465 e. The molecule has 6 nitrogen and oxygen atoms in total. The van der Waals surface area contributed by atoms with Crippen LogP contribution < -0.4 is 0 Å². The summed E-state index contributed by atoms with van der Waals surface area (Å²) >= 11 is 0. The number of carbonyl (C=O) groups excluding carboxylic acids is 1. The first-order valence-electron chi connectivity index (χ1n) is 6.55. The number of methoxy groups -OCH3 is 1. The van der Waals surface area contributed by atoms with Gasteiger partial charge in [-0.15, -0.1) is 0 Å². The second-order valence-electron chi connectivity index (χ2n) is 4.93. The number of esters is 1. The highest BCUT2D eigenvalue weighted by molar-refractivity contribution is 7.86. The highest BCUT2D eigenvalue weighted by atomic mass is 32.2. The van der Waals surface area contributed by atoms with E-state index < -0.39 is 33.4 Å². The molecule has 0 saturated carbocycles. The van der Waals surface area contributed by atoms with Crippen molar-refractivity contribution >= 4 is 16.2 Å². The fourth-order valence-corrected chi connectivity index (χ4v) is 3.64. The highest BCUT2D eigenvalue weighted by Gasteiger charge is 2.31. The number of halogens is 2. The summed E-state index contributed by atoms with van der Waals surface area (Å²) < 4.78 is 58.6. The minimum atomic E-state index is -3.68. The van der Waals surface area contributed by atoms with E-state index in [4.69, 9.17) is 0 Å². The quantitative estimate of drug-likeness (QED) is 0.778. The van der Waals surface area contributed by atoms with Crippen LogP contribution in [-0.2, 0) is 21.5 Å². The molecule has 9 heteroatoms. The van der Waals surface area contributed by atoms with Gasteiger partial charge < -0.3 is 4.74 Å². The zero-order chi connectivity index (χ0) is 16.5. The Labute approximate surface area is 127 Å². The van der Waals surface area contributed by atoms with Gasteiger partial charge in [0.2, 0.25) is 0 Å². The first-order chi connectivity index (χ1) is 10.3. The summed E-state index contributed by atoms with van der Waals surface area (Å²) in [7, 11) is -1.19. The molecule has 0 atom stereocenters. The van der Waals surface area contributed by atoms with E-state index >= 15 is 0 Å². The lowest BCUT2D eigenvalue weighted by atomic mass is 10.1. The lowest BCUT2D eigenvalue weighted by Gasteiger charge is -2.32. The summed E-state index contributed by atoms with van der Waals surface area (Å²) in [6.07, 6.45) is 0.597. The summed E-state index contributed by atoms with van der Waals surface area (Å²) in [4.78, 5) is 11.3. The Kier molecular flexibility index (Phi) is 4.78. The predicted octanol–water partition coefficient (Wildman–Crippen LogP) is 1.13. The van der Waals surface area contributed by atoms with E-state index in [2.05, 4.69) is 4.74 Å². The van der Waals surface area contributed by atoms with E-state index in [1.54, 1.807) is 0 Å². The molecule has 0 unspecified atom stereocenters. The molecule has 0 radical (unpaired) electrons. The predicted molar refractivity (Wildman–Crippen MR) is 74.3 cm³/mol. The van der Waals surface area contributed by atoms with Gasteiger partial charge in [-0.1, -0.05) is 0 Å². The Hall–Kier alpha value is -1.58.